The fourth-order valence-corrected chi connectivity index (χ4v) is 2.19. The van der Waals surface area contributed by atoms with Crippen molar-refractivity contribution in [3.8, 4) is 10.4 Å². The van der Waals surface area contributed by atoms with Crippen molar-refractivity contribution in [2.75, 3.05) is 5.32 Å². The van der Waals surface area contributed by atoms with E-state index in [-0.39, 0.29) is 0 Å². The highest BCUT2D eigenvalue weighted by molar-refractivity contribution is 7.19. The van der Waals surface area contributed by atoms with E-state index in [0.717, 1.165) is 22.6 Å². The highest BCUT2D eigenvalue weighted by Gasteiger charge is 2.06. The van der Waals surface area contributed by atoms with Crippen molar-refractivity contribution in [1.29, 1.82) is 0 Å². The number of carbonyl (C=O) groups excluding carboxylic acids is 1. The lowest BCUT2D eigenvalue weighted by atomic mass is 10.2. The number of anilines is 1. The predicted octanol–water partition coefficient (Wildman–Crippen LogP) is 2.39. The summed E-state index contributed by atoms with van der Waals surface area (Å²) in [7, 11) is 0. The Hall–Kier alpha value is -2.47. The van der Waals surface area contributed by atoms with Crippen molar-refractivity contribution in [3.05, 3.63) is 48.7 Å². The molecule has 1 aromatic carbocycles. The first-order valence-corrected chi connectivity index (χ1v) is 6.20. The van der Waals surface area contributed by atoms with Gasteiger partial charge in [-0.2, -0.15) is 0 Å². The number of rotatable bonds is 4. The topological polar surface area (TPSA) is 79.3 Å². The minimum absolute atomic E-state index is 0.430. The second-order valence-electron chi connectivity index (χ2n) is 3.56. The second kappa shape index (κ2) is 5.92. The fraction of sp³-hybridized carbons (Fsp3) is 0. The Morgan fingerprint density at radius 3 is 2.63 bits per heavy atom. The summed E-state index contributed by atoms with van der Waals surface area (Å²) >= 11 is 1.32. The number of nitrogens with zero attached hydrogens (tertiary/aromatic N) is 1. The number of aliphatic carboxylic acids is 1. The Morgan fingerprint density at radius 1 is 1.21 bits per heavy atom. The van der Waals surface area contributed by atoms with Gasteiger partial charge in [-0.25, -0.2) is 9.78 Å². The van der Waals surface area contributed by atoms with Gasteiger partial charge in [0.2, 0.25) is 5.91 Å². The molecule has 0 unspecified atom stereocenters. The molecule has 0 spiro atoms. The van der Waals surface area contributed by atoms with E-state index in [1.54, 1.807) is 6.20 Å². The van der Waals surface area contributed by atoms with Crippen LogP contribution in [-0.4, -0.2) is 22.0 Å². The van der Waals surface area contributed by atoms with Crippen LogP contribution in [0.5, 0.6) is 0 Å². The van der Waals surface area contributed by atoms with Crippen LogP contribution in [0.2, 0.25) is 0 Å². The second-order valence-corrected chi connectivity index (χ2v) is 4.59. The average molecular weight is 274 g/mol. The van der Waals surface area contributed by atoms with Gasteiger partial charge in [-0.3, -0.25) is 10.1 Å². The first-order valence-electron chi connectivity index (χ1n) is 5.38. The first-order chi connectivity index (χ1) is 9.15. The van der Waals surface area contributed by atoms with E-state index in [9.17, 15) is 9.59 Å². The molecule has 96 valence electrons. The number of amides is 1. The van der Waals surface area contributed by atoms with E-state index >= 15 is 0 Å². The molecule has 0 aliphatic heterocycles. The summed E-state index contributed by atoms with van der Waals surface area (Å²) < 4.78 is 0. The quantitative estimate of drug-likeness (QED) is 0.839. The van der Waals surface area contributed by atoms with Gasteiger partial charge >= 0.3 is 5.97 Å². The van der Waals surface area contributed by atoms with Gasteiger partial charge in [-0.1, -0.05) is 41.7 Å². The third kappa shape index (κ3) is 3.75. The molecule has 0 atom stereocenters. The smallest absolute Gasteiger partial charge is 0.328 e. The monoisotopic (exact) mass is 274 g/mol. The van der Waals surface area contributed by atoms with Crippen LogP contribution in [-0.2, 0) is 9.59 Å². The molecule has 19 heavy (non-hydrogen) atoms. The first kappa shape index (κ1) is 13.0. The summed E-state index contributed by atoms with van der Waals surface area (Å²) in [6, 6.07) is 9.66. The molecule has 2 rings (SSSR count). The van der Waals surface area contributed by atoms with Gasteiger partial charge in [0.1, 0.15) is 0 Å². The van der Waals surface area contributed by atoms with Crippen LogP contribution in [0.3, 0.4) is 0 Å². The third-order valence-corrected chi connectivity index (χ3v) is 3.13. The third-order valence-electron chi connectivity index (χ3n) is 2.17. The number of nitrogens with one attached hydrogen (secondary N) is 1. The Kier molecular flexibility index (Phi) is 4.04. The zero-order valence-electron chi connectivity index (χ0n) is 9.74. The molecular weight excluding hydrogens is 264 g/mol. The van der Waals surface area contributed by atoms with E-state index in [4.69, 9.17) is 5.11 Å². The van der Waals surface area contributed by atoms with Crippen LogP contribution < -0.4 is 5.32 Å². The number of carboxylic acids is 1. The molecule has 5 nitrogen and oxygen atoms in total. The van der Waals surface area contributed by atoms with E-state index in [1.165, 1.54) is 11.3 Å². The standard InChI is InChI=1S/C13H10N2O3S/c16-11(6-7-12(17)18)15-13-14-8-10(19-13)9-4-2-1-3-5-9/h1-8H,(H,17,18)(H,14,15,16). The molecule has 6 heteroatoms. The molecule has 1 aromatic heterocycles. The van der Waals surface area contributed by atoms with E-state index in [1.807, 2.05) is 30.3 Å². The average Bonchev–Trinajstić information content (AvgIpc) is 2.86. The fourth-order valence-electron chi connectivity index (χ4n) is 1.36. The predicted molar refractivity (Wildman–Crippen MR) is 73.0 cm³/mol. The number of benzene rings is 1. The lowest BCUT2D eigenvalue weighted by Gasteiger charge is -1.95. The minimum atomic E-state index is -1.17. The van der Waals surface area contributed by atoms with Gasteiger partial charge in [0.25, 0.3) is 0 Å². The van der Waals surface area contributed by atoms with Gasteiger partial charge in [0, 0.05) is 18.3 Å². The number of carboxylic acid groups (broad SMARTS) is 1. The van der Waals surface area contributed by atoms with Crippen LogP contribution in [0.1, 0.15) is 0 Å². The lowest BCUT2D eigenvalue weighted by molar-refractivity contribution is -0.131. The van der Waals surface area contributed by atoms with Crippen LogP contribution in [0.15, 0.2) is 48.7 Å². The SMILES string of the molecule is O=C(O)C=CC(=O)Nc1ncc(-c2ccccc2)s1. The summed E-state index contributed by atoms with van der Waals surface area (Å²) in [5.74, 6) is -1.68. The van der Waals surface area contributed by atoms with Crippen LogP contribution >= 0.6 is 11.3 Å². The number of thiazole rings is 1. The summed E-state index contributed by atoms with van der Waals surface area (Å²) in [5.41, 5.74) is 1.02. The van der Waals surface area contributed by atoms with Crippen molar-refractivity contribution in [2.24, 2.45) is 0 Å². The molecule has 1 amide bonds. The van der Waals surface area contributed by atoms with Crippen molar-refractivity contribution >= 4 is 28.3 Å². The van der Waals surface area contributed by atoms with Crippen molar-refractivity contribution in [2.45, 2.75) is 0 Å². The molecule has 2 aromatic rings. The van der Waals surface area contributed by atoms with Crippen LogP contribution in [0.25, 0.3) is 10.4 Å². The largest absolute Gasteiger partial charge is 0.478 e. The normalized spacial score (nSPS) is 10.5. The summed E-state index contributed by atoms with van der Waals surface area (Å²) in [6.07, 6.45) is 3.39. The summed E-state index contributed by atoms with van der Waals surface area (Å²) in [5, 5.41) is 11.3. The van der Waals surface area contributed by atoms with E-state index < -0.39 is 11.9 Å². The molecule has 0 aliphatic carbocycles. The Morgan fingerprint density at radius 2 is 1.95 bits per heavy atom. The van der Waals surface area contributed by atoms with E-state index in [2.05, 4.69) is 10.3 Å². The van der Waals surface area contributed by atoms with Crippen LogP contribution in [0.4, 0.5) is 5.13 Å². The maximum Gasteiger partial charge on any atom is 0.328 e. The van der Waals surface area contributed by atoms with Crippen molar-refractivity contribution in [3.63, 3.8) is 0 Å². The summed E-state index contributed by atoms with van der Waals surface area (Å²) in [6.45, 7) is 0. The lowest BCUT2D eigenvalue weighted by Crippen LogP contribution is -2.08. The zero-order chi connectivity index (χ0) is 13.7. The molecule has 0 aliphatic rings. The minimum Gasteiger partial charge on any atom is -0.478 e. The highest BCUT2D eigenvalue weighted by atomic mass is 32.1. The molecule has 0 saturated carbocycles. The Balaban J connectivity index is 2.06. The highest BCUT2D eigenvalue weighted by Crippen LogP contribution is 2.28. The van der Waals surface area contributed by atoms with Crippen LogP contribution in [0, 0.1) is 0 Å². The molecule has 0 radical (unpaired) electrons. The molecular formula is C13H10N2O3S. The van der Waals surface area contributed by atoms with Gasteiger partial charge in [-0.15, -0.1) is 0 Å². The van der Waals surface area contributed by atoms with Crippen molar-refractivity contribution in [1.82, 2.24) is 4.98 Å². The molecule has 0 bridgehead atoms. The van der Waals surface area contributed by atoms with Gasteiger partial charge in [-0.05, 0) is 5.56 Å². The summed E-state index contributed by atoms with van der Waals surface area (Å²) in [4.78, 5) is 26.6. The number of carbonyl (C=O) groups is 2. The Bertz CT molecular complexity index is 620. The Labute approximate surface area is 113 Å². The van der Waals surface area contributed by atoms with Gasteiger partial charge in [0.05, 0.1) is 4.88 Å². The van der Waals surface area contributed by atoms with Gasteiger partial charge in [0.15, 0.2) is 5.13 Å². The van der Waals surface area contributed by atoms with E-state index in [0.29, 0.717) is 5.13 Å². The zero-order valence-corrected chi connectivity index (χ0v) is 10.6. The van der Waals surface area contributed by atoms with Crippen molar-refractivity contribution < 1.29 is 14.7 Å². The molecule has 0 fully saturated rings. The van der Waals surface area contributed by atoms with Gasteiger partial charge < -0.3 is 5.11 Å². The molecule has 1 heterocycles. The number of hydrogen-bond donors (Lipinski definition) is 2. The molecule has 2 N–H and O–H groups in total. The number of aromatic nitrogens is 1. The maximum atomic E-state index is 11.4. The maximum absolute atomic E-state index is 11.4. The number of hydrogen-bond acceptors (Lipinski definition) is 4. The molecule has 0 saturated heterocycles.